The van der Waals surface area contributed by atoms with Gasteiger partial charge in [0.1, 0.15) is 5.01 Å². The summed E-state index contributed by atoms with van der Waals surface area (Å²) in [5.41, 5.74) is -0.354. The highest BCUT2D eigenvalue weighted by molar-refractivity contribution is 7.13. The second kappa shape index (κ2) is 5.41. The summed E-state index contributed by atoms with van der Waals surface area (Å²) in [5.74, 6) is -1.05. The molecular formula is C12H7ClF3NO2S. The van der Waals surface area contributed by atoms with Crippen LogP contribution in [0.5, 0.6) is 0 Å². The van der Waals surface area contributed by atoms with E-state index in [4.69, 9.17) is 16.7 Å². The van der Waals surface area contributed by atoms with Gasteiger partial charge in [-0.15, -0.1) is 11.3 Å². The van der Waals surface area contributed by atoms with Crippen molar-refractivity contribution in [2.45, 2.75) is 12.6 Å². The molecule has 106 valence electrons. The van der Waals surface area contributed by atoms with Crippen LogP contribution in [0, 0.1) is 0 Å². The number of hydrogen-bond donors (Lipinski definition) is 1. The van der Waals surface area contributed by atoms with Gasteiger partial charge in [-0.05, 0) is 18.2 Å². The van der Waals surface area contributed by atoms with E-state index < -0.39 is 17.7 Å². The molecule has 0 atom stereocenters. The molecule has 0 aliphatic heterocycles. The fourth-order valence-electron chi connectivity index (χ4n) is 1.55. The number of aromatic nitrogens is 1. The van der Waals surface area contributed by atoms with Crippen LogP contribution in [0.15, 0.2) is 23.6 Å². The van der Waals surface area contributed by atoms with Gasteiger partial charge in [-0.3, -0.25) is 4.79 Å². The first kappa shape index (κ1) is 14.8. The number of carbonyl (C=O) groups is 1. The van der Waals surface area contributed by atoms with Crippen molar-refractivity contribution < 1.29 is 23.1 Å². The Labute approximate surface area is 120 Å². The largest absolute Gasteiger partial charge is 0.481 e. The molecule has 0 amide bonds. The Balaban J connectivity index is 2.40. The lowest BCUT2D eigenvalue weighted by Crippen LogP contribution is -2.05. The molecule has 1 aromatic heterocycles. The molecule has 3 nitrogen and oxygen atoms in total. The van der Waals surface area contributed by atoms with Crippen molar-refractivity contribution in [1.29, 1.82) is 0 Å². The van der Waals surface area contributed by atoms with E-state index in [2.05, 4.69) is 4.98 Å². The third-order valence-corrected chi connectivity index (χ3v) is 3.51. The Kier molecular flexibility index (Phi) is 4.01. The molecule has 0 bridgehead atoms. The smallest absolute Gasteiger partial charge is 0.416 e. The Hall–Kier alpha value is -1.60. The first-order chi connectivity index (χ1) is 9.25. The van der Waals surface area contributed by atoms with E-state index in [1.54, 1.807) is 0 Å². The molecule has 0 spiro atoms. The zero-order valence-corrected chi connectivity index (χ0v) is 11.3. The lowest BCUT2D eigenvalue weighted by atomic mass is 10.1. The van der Waals surface area contributed by atoms with Gasteiger partial charge in [0.25, 0.3) is 0 Å². The monoisotopic (exact) mass is 321 g/mol. The predicted octanol–water partition coefficient (Wildman–Crippen LogP) is 4.11. The zero-order valence-electron chi connectivity index (χ0n) is 9.74. The van der Waals surface area contributed by atoms with E-state index in [-0.39, 0.29) is 17.0 Å². The quantitative estimate of drug-likeness (QED) is 0.925. The molecule has 0 fully saturated rings. The molecule has 2 rings (SSSR count). The summed E-state index contributed by atoms with van der Waals surface area (Å²) < 4.78 is 38.1. The van der Waals surface area contributed by atoms with Crippen LogP contribution in [0.3, 0.4) is 0 Å². The molecule has 0 saturated carbocycles. The third kappa shape index (κ3) is 3.49. The Morgan fingerprint density at radius 1 is 1.35 bits per heavy atom. The molecule has 8 heteroatoms. The van der Waals surface area contributed by atoms with Crippen molar-refractivity contribution in [2.75, 3.05) is 0 Å². The first-order valence-corrected chi connectivity index (χ1v) is 6.56. The average Bonchev–Trinajstić information content (AvgIpc) is 2.74. The van der Waals surface area contributed by atoms with Gasteiger partial charge >= 0.3 is 12.1 Å². The number of benzene rings is 1. The van der Waals surface area contributed by atoms with Gasteiger partial charge in [-0.25, -0.2) is 4.98 Å². The van der Waals surface area contributed by atoms with Gasteiger partial charge in [0, 0.05) is 16.0 Å². The fourth-order valence-corrected chi connectivity index (χ4v) is 2.60. The second-order valence-corrected chi connectivity index (χ2v) is 5.24. The molecule has 0 unspecified atom stereocenters. The Morgan fingerprint density at radius 3 is 2.65 bits per heavy atom. The lowest BCUT2D eigenvalue weighted by molar-refractivity contribution is -0.138. The molecule has 1 heterocycles. The van der Waals surface area contributed by atoms with Crippen LogP contribution in [0.2, 0.25) is 5.02 Å². The fraction of sp³-hybridized carbons (Fsp3) is 0.167. The SMILES string of the molecule is O=C(O)Cc1csc(-c2cc(Cl)cc(C(F)(F)F)c2)n1. The highest BCUT2D eigenvalue weighted by Gasteiger charge is 2.31. The molecule has 0 saturated heterocycles. The van der Waals surface area contributed by atoms with Crippen molar-refractivity contribution in [1.82, 2.24) is 4.98 Å². The van der Waals surface area contributed by atoms with Gasteiger partial charge in [0.2, 0.25) is 0 Å². The summed E-state index contributed by atoms with van der Waals surface area (Å²) >= 11 is 6.75. The molecule has 0 aliphatic carbocycles. The van der Waals surface area contributed by atoms with Crippen LogP contribution in [0.25, 0.3) is 10.6 Å². The summed E-state index contributed by atoms with van der Waals surface area (Å²) in [5, 5.41) is 10.4. The molecular weight excluding hydrogens is 315 g/mol. The van der Waals surface area contributed by atoms with E-state index in [1.165, 1.54) is 11.4 Å². The van der Waals surface area contributed by atoms with E-state index in [0.717, 1.165) is 23.5 Å². The van der Waals surface area contributed by atoms with Crippen molar-refractivity contribution in [2.24, 2.45) is 0 Å². The van der Waals surface area contributed by atoms with Crippen LogP contribution in [0.4, 0.5) is 13.2 Å². The van der Waals surface area contributed by atoms with E-state index in [1.807, 2.05) is 0 Å². The number of aliphatic carboxylic acids is 1. The van der Waals surface area contributed by atoms with Crippen LogP contribution in [0.1, 0.15) is 11.3 Å². The first-order valence-electron chi connectivity index (χ1n) is 5.30. The summed E-state index contributed by atoms with van der Waals surface area (Å²) in [6, 6.07) is 3.13. The summed E-state index contributed by atoms with van der Waals surface area (Å²) in [7, 11) is 0. The molecule has 2 aromatic rings. The van der Waals surface area contributed by atoms with E-state index >= 15 is 0 Å². The number of alkyl halides is 3. The third-order valence-electron chi connectivity index (χ3n) is 2.36. The maximum Gasteiger partial charge on any atom is 0.416 e. The van der Waals surface area contributed by atoms with Crippen LogP contribution >= 0.6 is 22.9 Å². The van der Waals surface area contributed by atoms with E-state index in [9.17, 15) is 18.0 Å². The normalized spacial score (nSPS) is 11.6. The van der Waals surface area contributed by atoms with Crippen molar-refractivity contribution in [3.63, 3.8) is 0 Å². The lowest BCUT2D eigenvalue weighted by Gasteiger charge is -2.08. The Morgan fingerprint density at radius 2 is 2.05 bits per heavy atom. The van der Waals surface area contributed by atoms with Crippen molar-refractivity contribution in [3.8, 4) is 10.6 Å². The van der Waals surface area contributed by atoms with Gasteiger partial charge in [0.15, 0.2) is 0 Å². The molecule has 0 radical (unpaired) electrons. The number of thiazole rings is 1. The minimum atomic E-state index is -4.50. The van der Waals surface area contributed by atoms with Crippen molar-refractivity contribution >= 4 is 28.9 Å². The van der Waals surface area contributed by atoms with Crippen molar-refractivity contribution in [3.05, 3.63) is 39.9 Å². The number of carboxylic acids is 1. The highest BCUT2D eigenvalue weighted by Crippen LogP contribution is 2.35. The van der Waals surface area contributed by atoms with Gasteiger partial charge < -0.3 is 5.11 Å². The maximum absolute atomic E-state index is 12.7. The summed E-state index contributed by atoms with van der Waals surface area (Å²) in [6.07, 6.45) is -4.77. The molecule has 20 heavy (non-hydrogen) atoms. The van der Waals surface area contributed by atoms with Crippen LogP contribution in [-0.2, 0) is 17.4 Å². The highest BCUT2D eigenvalue weighted by atomic mass is 35.5. The minimum Gasteiger partial charge on any atom is -0.481 e. The van der Waals surface area contributed by atoms with Gasteiger partial charge in [-0.2, -0.15) is 13.2 Å². The maximum atomic E-state index is 12.7. The topological polar surface area (TPSA) is 50.2 Å². The summed E-state index contributed by atoms with van der Waals surface area (Å²) in [6.45, 7) is 0. The second-order valence-electron chi connectivity index (χ2n) is 3.94. The number of rotatable bonds is 3. The molecule has 1 aromatic carbocycles. The minimum absolute atomic E-state index is 0.0511. The number of nitrogens with zero attached hydrogens (tertiary/aromatic N) is 1. The predicted molar refractivity (Wildman–Crippen MR) is 68.9 cm³/mol. The van der Waals surface area contributed by atoms with Crippen LogP contribution in [-0.4, -0.2) is 16.1 Å². The molecule has 0 aliphatic rings. The zero-order chi connectivity index (χ0) is 14.9. The van der Waals surface area contributed by atoms with Gasteiger partial charge in [-0.1, -0.05) is 11.6 Å². The van der Waals surface area contributed by atoms with Crippen LogP contribution < -0.4 is 0 Å². The number of hydrogen-bond acceptors (Lipinski definition) is 3. The standard InChI is InChI=1S/C12H7ClF3NO2S/c13-8-2-6(1-7(3-8)12(14,15)16)11-17-9(5-20-11)4-10(18)19/h1-3,5H,4H2,(H,18,19). The Bertz CT molecular complexity index is 654. The number of halogens is 4. The average molecular weight is 322 g/mol. The summed E-state index contributed by atoms with van der Waals surface area (Å²) in [4.78, 5) is 14.5. The molecule has 1 N–H and O–H groups in total. The van der Waals surface area contributed by atoms with Gasteiger partial charge in [0.05, 0.1) is 17.7 Å². The van der Waals surface area contributed by atoms with E-state index in [0.29, 0.717) is 10.7 Å². The number of carboxylic acid groups (broad SMARTS) is 1.